The van der Waals surface area contributed by atoms with E-state index in [-0.39, 0.29) is 11.4 Å². The number of nitro groups is 1. The summed E-state index contributed by atoms with van der Waals surface area (Å²) in [6.45, 7) is 4.32. The molecule has 0 aliphatic heterocycles. The van der Waals surface area contributed by atoms with Crippen LogP contribution in [0.5, 0.6) is 0 Å². The van der Waals surface area contributed by atoms with E-state index in [1.165, 1.54) is 0 Å². The van der Waals surface area contributed by atoms with Crippen molar-refractivity contribution in [2.75, 3.05) is 12.3 Å². The number of rotatable bonds is 6. The van der Waals surface area contributed by atoms with Crippen molar-refractivity contribution in [1.82, 2.24) is 9.88 Å². The largest absolute Gasteiger partial charge is 0.393 e. The molecule has 0 amide bonds. The molecule has 1 aromatic heterocycles. The van der Waals surface area contributed by atoms with Gasteiger partial charge in [0.2, 0.25) is 0 Å². The summed E-state index contributed by atoms with van der Waals surface area (Å²) in [4.78, 5) is 16.7. The first-order chi connectivity index (χ1) is 10.1. The van der Waals surface area contributed by atoms with E-state index >= 15 is 0 Å². The third-order valence-corrected chi connectivity index (χ3v) is 3.30. The fourth-order valence-corrected chi connectivity index (χ4v) is 2.13. The fourth-order valence-electron chi connectivity index (χ4n) is 2.13. The van der Waals surface area contributed by atoms with Crippen LogP contribution < -0.4 is 5.73 Å². The minimum Gasteiger partial charge on any atom is -0.393 e. The summed E-state index contributed by atoms with van der Waals surface area (Å²) >= 11 is 0. The van der Waals surface area contributed by atoms with Crippen LogP contribution in [0.1, 0.15) is 18.1 Å². The van der Waals surface area contributed by atoms with Crippen LogP contribution in [-0.2, 0) is 13.1 Å². The van der Waals surface area contributed by atoms with Crippen molar-refractivity contribution < 1.29 is 4.92 Å². The molecule has 0 bridgehead atoms. The average Bonchev–Trinajstić information content (AvgIpc) is 2.49. The molecule has 6 nitrogen and oxygen atoms in total. The van der Waals surface area contributed by atoms with Crippen LogP contribution in [0.4, 0.5) is 11.4 Å². The zero-order chi connectivity index (χ0) is 15.2. The summed E-state index contributed by atoms with van der Waals surface area (Å²) < 4.78 is 0. The van der Waals surface area contributed by atoms with Crippen molar-refractivity contribution in [3.05, 3.63) is 64.0 Å². The molecule has 0 spiro atoms. The van der Waals surface area contributed by atoms with Crippen molar-refractivity contribution in [3.63, 3.8) is 0 Å². The number of aromatic nitrogens is 1. The van der Waals surface area contributed by atoms with Gasteiger partial charge >= 0.3 is 0 Å². The Balaban J connectivity index is 2.11. The first kappa shape index (κ1) is 14.9. The van der Waals surface area contributed by atoms with Crippen molar-refractivity contribution in [2.45, 2.75) is 20.0 Å². The molecule has 0 fully saturated rings. The molecular weight excluding hydrogens is 268 g/mol. The van der Waals surface area contributed by atoms with Crippen LogP contribution in [0.25, 0.3) is 0 Å². The topological polar surface area (TPSA) is 85.3 Å². The second-order valence-corrected chi connectivity index (χ2v) is 4.81. The van der Waals surface area contributed by atoms with E-state index in [1.807, 2.05) is 18.2 Å². The molecular formula is C15H18N4O2. The summed E-state index contributed by atoms with van der Waals surface area (Å²) in [5.41, 5.74) is 7.82. The van der Waals surface area contributed by atoms with E-state index < -0.39 is 4.92 Å². The van der Waals surface area contributed by atoms with Crippen LogP contribution in [0.2, 0.25) is 0 Å². The maximum absolute atomic E-state index is 10.9. The second kappa shape index (κ2) is 6.81. The lowest BCUT2D eigenvalue weighted by atomic mass is 10.1. The summed E-state index contributed by atoms with van der Waals surface area (Å²) in [5, 5.41) is 10.9. The standard InChI is InChI=1S/C15H18N4O2/c1-2-18(10-12-5-7-17-8-6-12)11-13-3-4-14(16)15(9-13)19(20)21/h3-9H,2,10-11,16H2,1H3. The highest BCUT2D eigenvalue weighted by Gasteiger charge is 2.13. The number of pyridine rings is 1. The summed E-state index contributed by atoms with van der Waals surface area (Å²) in [7, 11) is 0. The number of nitrogens with two attached hydrogens (primary N) is 1. The van der Waals surface area contributed by atoms with Gasteiger partial charge in [0.1, 0.15) is 5.69 Å². The predicted molar refractivity (Wildman–Crippen MR) is 81.5 cm³/mol. The van der Waals surface area contributed by atoms with Gasteiger partial charge in [-0.3, -0.25) is 20.0 Å². The summed E-state index contributed by atoms with van der Waals surface area (Å²) in [5.74, 6) is 0. The van der Waals surface area contributed by atoms with E-state index in [9.17, 15) is 10.1 Å². The number of nitrogen functional groups attached to an aromatic ring is 1. The molecule has 21 heavy (non-hydrogen) atoms. The van der Waals surface area contributed by atoms with Gasteiger partial charge in [0.05, 0.1) is 4.92 Å². The Kier molecular flexibility index (Phi) is 4.84. The van der Waals surface area contributed by atoms with Crippen LogP contribution in [0.15, 0.2) is 42.7 Å². The van der Waals surface area contributed by atoms with Crippen molar-refractivity contribution >= 4 is 11.4 Å². The lowest BCUT2D eigenvalue weighted by Crippen LogP contribution is -2.22. The van der Waals surface area contributed by atoms with Gasteiger partial charge in [-0.05, 0) is 35.9 Å². The highest BCUT2D eigenvalue weighted by Crippen LogP contribution is 2.23. The maximum Gasteiger partial charge on any atom is 0.292 e. The van der Waals surface area contributed by atoms with Gasteiger partial charge in [0.15, 0.2) is 0 Å². The smallest absolute Gasteiger partial charge is 0.292 e. The van der Waals surface area contributed by atoms with E-state index in [1.54, 1.807) is 24.5 Å². The van der Waals surface area contributed by atoms with Crippen LogP contribution >= 0.6 is 0 Å². The molecule has 2 rings (SSSR count). The number of nitrogens with zero attached hydrogens (tertiary/aromatic N) is 3. The molecule has 1 heterocycles. The zero-order valence-electron chi connectivity index (χ0n) is 11.9. The SMILES string of the molecule is CCN(Cc1ccncc1)Cc1ccc(N)c([N+](=O)[O-])c1. The number of anilines is 1. The molecule has 0 aliphatic rings. The highest BCUT2D eigenvalue weighted by molar-refractivity contribution is 5.59. The molecule has 2 N–H and O–H groups in total. The second-order valence-electron chi connectivity index (χ2n) is 4.81. The van der Waals surface area contributed by atoms with E-state index in [0.717, 1.165) is 24.2 Å². The molecule has 0 saturated carbocycles. The Morgan fingerprint density at radius 1 is 1.19 bits per heavy atom. The molecule has 0 aliphatic carbocycles. The Morgan fingerprint density at radius 3 is 2.48 bits per heavy atom. The molecule has 0 atom stereocenters. The zero-order valence-corrected chi connectivity index (χ0v) is 11.9. The molecule has 0 unspecified atom stereocenters. The Hall–Kier alpha value is -2.47. The first-order valence-electron chi connectivity index (χ1n) is 6.74. The number of hydrogen-bond donors (Lipinski definition) is 1. The van der Waals surface area contributed by atoms with Crippen molar-refractivity contribution in [1.29, 1.82) is 0 Å². The number of benzene rings is 1. The lowest BCUT2D eigenvalue weighted by molar-refractivity contribution is -0.384. The maximum atomic E-state index is 10.9. The van der Waals surface area contributed by atoms with Crippen LogP contribution in [-0.4, -0.2) is 21.4 Å². The van der Waals surface area contributed by atoms with Gasteiger partial charge in [-0.15, -0.1) is 0 Å². The minimum absolute atomic E-state index is 0.0348. The Morgan fingerprint density at radius 2 is 1.86 bits per heavy atom. The van der Waals surface area contributed by atoms with E-state index in [0.29, 0.717) is 6.54 Å². The van der Waals surface area contributed by atoms with Gasteiger partial charge in [0.25, 0.3) is 5.69 Å². The molecule has 0 saturated heterocycles. The highest BCUT2D eigenvalue weighted by atomic mass is 16.6. The monoisotopic (exact) mass is 286 g/mol. The first-order valence-corrected chi connectivity index (χ1v) is 6.74. The Bertz CT molecular complexity index is 616. The number of hydrogen-bond acceptors (Lipinski definition) is 5. The van der Waals surface area contributed by atoms with E-state index in [4.69, 9.17) is 5.73 Å². The van der Waals surface area contributed by atoms with Gasteiger partial charge in [-0.25, -0.2) is 0 Å². The van der Waals surface area contributed by atoms with Gasteiger partial charge < -0.3 is 5.73 Å². The fraction of sp³-hybridized carbons (Fsp3) is 0.267. The van der Waals surface area contributed by atoms with Crippen molar-refractivity contribution in [2.24, 2.45) is 0 Å². The predicted octanol–water partition coefficient (Wildman–Crippen LogP) is 2.59. The van der Waals surface area contributed by atoms with Crippen LogP contribution in [0.3, 0.4) is 0 Å². The third-order valence-electron chi connectivity index (χ3n) is 3.30. The van der Waals surface area contributed by atoms with E-state index in [2.05, 4.69) is 16.8 Å². The summed E-state index contributed by atoms with van der Waals surface area (Å²) in [6, 6.07) is 8.90. The summed E-state index contributed by atoms with van der Waals surface area (Å²) in [6.07, 6.45) is 3.52. The third kappa shape index (κ3) is 4.00. The Labute approximate surface area is 123 Å². The van der Waals surface area contributed by atoms with Gasteiger partial charge in [-0.1, -0.05) is 13.0 Å². The number of nitro benzene ring substituents is 1. The quantitative estimate of drug-likeness (QED) is 0.501. The van der Waals surface area contributed by atoms with Crippen molar-refractivity contribution in [3.8, 4) is 0 Å². The molecule has 2 aromatic rings. The van der Waals surface area contributed by atoms with Gasteiger partial charge in [-0.2, -0.15) is 0 Å². The lowest BCUT2D eigenvalue weighted by Gasteiger charge is -2.20. The molecule has 0 radical (unpaired) electrons. The normalized spacial score (nSPS) is 10.8. The molecule has 1 aromatic carbocycles. The molecule has 6 heteroatoms. The minimum atomic E-state index is -0.446. The average molecular weight is 286 g/mol. The molecule has 110 valence electrons. The van der Waals surface area contributed by atoms with Gasteiger partial charge in [0, 0.05) is 31.5 Å². The van der Waals surface area contributed by atoms with Crippen LogP contribution in [0, 0.1) is 10.1 Å².